The van der Waals surface area contributed by atoms with Crippen LogP contribution < -0.4 is 20.1 Å². The zero-order valence-electron chi connectivity index (χ0n) is 27.4. The van der Waals surface area contributed by atoms with Crippen molar-refractivity contribution in [2.24, 2.45) is 17.3 Å². The number of aliphatic hydroxyl groups excluding tert-OH is 2. The lowest BCUT2D eigenvalue weighted by molar-refractivity contribution is -0.190. The topological polar surface area (TPSA) is 110 Å². The summed E-state index contributed by atoms with van der Waals surface area (Å²) in [5.41, 5.74) is -1.54. The Balaban J connectivity index is 1.12. The highest BCUT2D eigenvalue weighted by atomic mass is 32.2. The summed E-state index contributed by atoms with van der Waals surface area (Å²) in [5.74, 6) is 1.34. The van der Waals surface area contributed by atoms with Crippen molar-refractivity contribution in [2.45, 2.75) is 126 Å². The number of piperidine rings is 2. The summed E-state index contributed by atoms with van der Waals surface area (Å²) in [5, 5.41) is 32.5. The Morgan fingerprint density at radius 2 is 1.93 bits per heavy atom. The minimum absolute atomic E-state index is 0.0163. The fraction of sp³-hybridized carbons (Fsp3) is 0.906. The molecule has 262 valence electrons. The first kappa shape index (κ1) is 34.7. The molecular weight excluding hydrogens is 619 g/mol. The van der Waals surface area contributed by atoms with Crippen LogP contribution in [0.2, 0.25) is 0 Å². The van der Waals surface area contributed by atoms with Crippen molar-refractivity contribution in [3.05, 3.63) is 12.3 Å². The number of β-amino-alcohol motifs (C(OH)–C–C–N with tert-alkyl or cyclic N) is 1. The largest absolute Gasteiger partial charge is 0.477 e. The molecule has 8 atom stereocenters. The van der Waals surface area contributed by atoms with Crippen molar-refractivity contribution >= 4 is 11.9 Å². The van der Waals surface area contributed by atoms with Crippen LogP contribution in [-0.4, -0.2) is 105 Å². The molecule has 5 N–H and O–H groups in total. The second-order valence-electron chi connectivity index (χ2n) is 15.1. The molecule has 5 fully saturated rings. The number of aliphatic hydroxyl groups is 2. The lowest BCUT2D eigenvalue weighted by Gasteiger charge is -2.47. The molecule has 1 saturated carbocycles. The van der Waals surface area contributed by atoms with Crippen LogP contribution in [0.3, 0.4) is 0 Å². The third-order valence-corrected chi connectivity index (χ3v) is 12.2. The zero-order chi connectivity index (χ0) is 32.5. The molecule has 5 heterocycles. The van der Waals surface area contributed by atoms with E-state index in [1.165, 1.54) is 0 Å². The summed E-state index contributed by atoms with van der Waals surface area (Å²) >= 11 is 1.77. The van der Waals surface area contributed by atoms with Gasteiger partial charge in [-0.2, -0.15) is 13.2 Å². The van der Waals surface area contributed by atoms with Gasteiger partial charge in [0.15, 0.2) is 0 Å². The molecule has 1 aromatic heterocycles. The highest BCUT2D eigenvalue weighted by Crippen LogP contribution is 2.59. The van der Waals surface area contributed by atoms with Crippen LogP contribution >= 0.6 is 11.9 Å². The van der Waals surface area contributed by atoms with Gasteiger partial charge in [0.2, 0.25) is 5.88 Å². The van der Waals surface area contributed by atoms with E-state index in [9.17, 15) is 23.4 Å². The van der Waals surface area contributed by atoms with E-state index in [0.717, 1.165) is 71.0 Å². The van der Waals surface area contributed by atoms with E-state index in [0.29, 0.717) is 24.3 Å². The van der Waals surface area contributed by atoms with Gasteiger partial charge in [0.1, 0.15) is 6.17 Å². The van der Waals surface area contributed by atoms with Crippen LogP contribution in [-0.2, 0) is 0 Å². The molecule has 46 heavy (non-hydrogen) atoms. The monoisotopic (exact) mass is 673 g/mol. The van der Waals surface area contributed by atoms with Crippen LogP contribution in [0.15, 0.2) is 12.3 Å². The number of nitrogens with one attached hydrogen (secondary N) is 3. The predicted octanol–water partition coefficient (Wildman–Crippen LogP) is 4.03. The molecule has 0 amide bonds. The summed E-state index contributed by atoms with van der Waals surface area (Å²) < 4.78 is 51.3. The van der Waals surface area contributed by atoms with E-state index >= 15 is 0 Å². The first-order valence-electron chi connectivity index (χ1n) is 17.4. The van der Waals surface area contributed by atoms with Gasteiger partial charge in [-0.25, -0.2) is 0 Å². The standard InChI is InChI=1S/C32H54F3N7O3S/c1-30(2)17-22-5-4-14-40(20-24(44)21-43)25-6-3-7-28(37-25)46-36-18-23-8-9-26(38-29(23)41(30)19-22)42-15-10-27(39-42)45-16-13-31(11-12-31)32(33,34)35/h10,15,22-26,28-29,36-38,43-44H,3-9,11-14,16-21H2,1-2H3/t22-,23?,24+,25?,26?,28?,29?/m0/s1. The number of aromatic nitrogens is 2. The summed E-state index contributed by atoms with van der Waals surface area (Å²) in [6.07, 6.45) is 6.11. The molecule has 6 rings (SSSR count). The lowest BCUT2D eigenvalue weighted by Crippen LogP contribution is -2.60. The maximum absolute atomic E-state index is 13.3. The highest BCUT2D eigenvalue weighted by molar-refractivity contribution is 7.98. The quantitative estimate of drug-likeness (QED) is 0.260. The van der Waals surface area contributed by atoms with Gasteiger partial charge in [-0.05, 0) is 96.9 Å². The molecule has 4 saturated heterocycles. The third kappa shape index (κ3) is 8.01. The first-order chi connectivity index (χ1) is 22.0. The Morgan fingerprint density at radius 1 is 1.11 bits per heavy atom. The second kappa shape index (κ2) is 14.4. The summed E-state index contributed by atoms with van der Waals surface area (Å²) in [7, 11) is 0. The van der Waals surface area contributed by atoms with Gasteiger partial charge in [-0.3, -0.25) is 29.8 Å². The molecule has 14 heteroatoms. The highest BCUT2D eigenvalue weighted by Gasteiger charge is 2.62. The summed E-state index contributed by atoms with van der Waals surface area (Å²) in [6, 6.07) is 1.76. The predicted molar refractivity (Wildman–Crippen MR) is 172 cm³/mol. The van der Waals surface area contributed by atoms with Crippen molar-refractivity contribution in [2.75, 3.05) is 39.4 Å². The molecule has 1 aliphatic carbocycles. The van der Waals surface area contributed by atoms with E-state index in [1.54, 1.807) is 18.0 Å². The molecule has 4 aliphatic heterocycles. The molecule has 6 unspecified atom stereocenters. The minimum Gasteiger partial charge on any atom is -0.477 e. The molecule has 10 nitrogen and oxygen atoms in total. The Morgan fingerprint density at radius 3 is 2.70 bits per heavy atom. The van der Waals surface area contributed by atoms with Gasteiger partial charge < -0.3 is 14.9 Å². The van der Waals surface area contributed by atoms with Crippen LogP contribution in [0, 0.1) is 17.3 Å². The van der Waals surface area contributed by atoms with Gasteiger partial charge in [-0.15, -0.1) is 5.10 Å². The van der Waals surface area contributed by atoms with Gasteiger partial charge in [0.05, 0.1) is 42.4 Å². The maximum atomic E-state index is 13.3. The summed E-state index contributed by atoms with van der Waals surface area (Å²) in [6.45, 7) is 7.76. The Bertz CT molecular complexity index is 1140. The smallest absolute Gasteiger partial charge is 0.394 e. The molecule has 0 spiro atoms. The molecule has 0 aromatic carbocycles. The van der Waals surface area contributed by atoms with Crippen molar-refractivity contribution in [1.82, 2.24) is 34.9 Å². The number of hydrogen-bond donors (Lipinski definition) is 5. The SMILES string of the molecule is CC1(C)C[C@@H]2CCCN(C[C@@H](O)CO)C3CCCC(N3)SNCC3CCC(n4ccc(OCCC5(C(F)(F)F)CC5)n4)NC3N1C2. The van der Waals surface area contributed by atoms with Crippen LogP contribution in [0.25, 0.3) is 0 Å². The van der Waals surface area contributed by atoms with Crippen molar-refractivity contribution < 1.29 is 28.1 Å². The number of nitrogens with zero attached hydrogens (tertiary/aromatic N) is 4. The normalized spacial score (nSPS) is 35.8. The van der Waals surface area contributed by atoms with Gasteiger partial charge in [0.25, 0.3) is 0 Å². The number of rotatable bonds is 8. The molecule has 1 aromatic rings. The van der Waals surface area contributed by atoms with Crippen LogP contribution in [0.4, 0.5) is 13.2 Å². The Kier molecular flexibility index (Phi) is 10.9. The number of alkyl halides is 3. The molecular formula is C32H54F3N7O3S. The van der Waals surface area contributed by atoms with Gasteiger partial charge >= 0.3 is 6.18 Å². The van der Waals surface area contributed by atoms with Gasteiger partial charge in [0, 0.05) is 43.4 Å². The van der Waals surface area contributed by atoms with Crippen molar-refractivity contribution in [1.29, 1.82) is 0 Å². The first-order valence-corrected chi connectivity index (χ1v) is 18.3. The van der Waals surface area contributed by atoms with Gasteiger partial charge in [-0.1, -0.05) is 11.9 Å². The zero-order valence-corrected chi connectivity index (χ0v) is 28.2. The number of hydrogen-bond acceptors (Lipinski definition) is 10. The van der Waals surface area contributed by atoms with E-state index in [4.69, 9.17) is 4.74 Å². The second-order valence-corrected chi connectivity index (χ2v) is 16.1. The third-order valence-electron chi connectivity index (χ3n) is 11.2. The Labute approximate surface area is 275 Å². The van der Waals surface area contributed by atoms with Crippen LogP contribution in [0.1, 0.15) is 90.6 Å². The summed E-state index contributed by atoms with van der Waals surface area (Å²) in [4.78, 5) is 5.01. The fourth-order valence-corrected chi connectivity index (χ4v) is 9.38. The average Bonchev–Trinajstić information content (AvgIpc) is 3.57. The van der Waals surface area contributed by atoms with Crippen molar-refractivity contribution in [3.8, 4) is 5.88 Å². The Hall–Kier alpha value is -1.13. The molecule has 4 bridgehead atoms. The van der Waals surface area contributed by atoms with Crippen LogP contribution in [0.5, 0.6) is 5.88 Å². The fourth-order valence-electron chi connectivity index (χ4n) is 8.36. The average molecular weight is 674 g/mol. The minimum atomic E-state index is -4.17. The maximum Gasteiger partial charge on any atom is 0.394 e. The van der Waals surface area contributed by atoms with E-state index < -0.39 is 17.7 Å². The van der Waals surface area contributed by atoms with E-state index in [2.05, 4.69) is 44.1 Å². The van der Waals surface area contributed by atoms with E-state index in [1.807, 2.05) is 10.9 Å². The lowest BCUT2D eigenvalue weighted by atomic mass is 9.90. The molecule has 0 radical (unpaired) electrons. The number of fused-ring (bicyclic) bond motifs is 6. The number of halogens is 3. The molecule has 5 aliphatic rings. The van der Waals surface area contributed by atoms with E-state index in [-0.39, 0.29) is 61.9 Å². The van der Waals surface area contributed by atoms with Crippen molar-refractivity contribution in [3.63, 3.8) is 0 Å². The number of ether oxygens (including phenoxy) is 1.